The van der Waals surface area contributed by atoms with Crippen LogP contribution in [0.2, 0.25) is 0 Å². The van der Waals surface area contributed by atoms with Crippen molar-refractivity contribution in [3.63, 3.8) is 0 Å². The molecule has 2 aromatic rings. The minimum atomic E-state index is -4.93. The fraction of sp³-hybridized carbons (Fsp3) is 0.444. The Bertz CT molecular complexity index is 917. The first kappa shape index (κ1) is 20.7. The highest BCUT2D eigenvalue weighted by molar-refractivity contribution is 5.94. The van der Waals surface area contributed by atoms with Crippen molar-refractivity contribution in [3.8, 4) is 5.69 Å². The summed E-state index contributed by atoms with van der Waals surface area (Å²) in [4.78, 5) is 27.5. The Kier molecular flexibility index (Phi) is 5.58. The van der Waals surface area contributed by atoms with Crippen molar-refractivity contribution >= 4 is 11.8 Å². The third-order valence-electron chi connectivity index (χ3n) is 4.57. The van der Waals surface area contributed by atoms with Crippen LogP contribution in [0.15, 0.2) is 24.3 Å². The van der Waals surface area contributed by atoms with Crippen molar-refractivity contribution in [1.82, 2.24) is 24.8 Å². The van der Waals surface area contributed by atoms with Gasteiger partial charge in [0.15, 0.2) is 11.4 Å². The number of piperazine rings is 1. The molecule has 1 saturated heterocycles. The molecule has 1 aliphatic rings. The van der Waals surface area contributed by atoms with E-state index in [0.29, 0.717) is 4.68 Å². The lowest BCUT2D eigenvalue weighted by molar-refractivity contribution is -0.143. The first-order valence-corrected chi connectivity index (χ1v) is 8.96. The summed E-state index contributed by atoms with van der Waals surface area (Å²) in [7, 11) is 0. The lowest BCUT2D eigenvalue weighted by Crippen LogP contribution is -2.51. The number of carbonyl (C=O) groups excluding carboxylic acids is 2. The highest BCUT2D eigenvalue weighted by atomic mass is 19.4. The topological polar surface area (TPSA) is 71.3 Å². The van der Waals surface area contributed by atoms with Crippen LogP contribution >= 0.6 is 0 Å². The van der Waals surface area contributed by atoms with Gasteiger partial charge in [0.2, 0.25) is 5.91 Å². The molecular formula is C18H19F4N5O2. The van der Waals surface area contributed by atoms with Gasteiger partial charge in [0.05, 0.1) is 5.69 Å². The molecule has 2 amide bonds. The molecule has 0 saturated carbocycles. The highest BCUT2D eigenvalue weighted by Crippen LogP contribution is 2.33. The summed E-state index contributed by atoms with van der Waals surface area (Å²) in [5, 5.41) is 6.89. The molecule has 156 valence electrons. The SMILES string of the molecule is CC(C)C(=O)N1CCN(C(=O)c2nnn(-c3cccc(F)c3)c2C(F)(F)F)CC1. The molecule has 0 radical (unpaired) electrons. The van der Waals surface area contributed by atoms with Gasteiger partial charge >= 0.3 is 6.18 Å². The zero-order valence-corrected chi connectivity index (χ0v) is 15.8. The molecule has 11 heteroatoms. The summed E-state index contributed by atoms with van der Waals surface area (Å²) < 4.78 is 54.9. The number of nitrogens with zero attached hydrogens (tertiary/aromatic N) is 5. The first-order valence-electron chi connectivity index (χ1n) is 8.96. The van der Waals surface area contributed by atoms with E-state index in [9.17, 15) is 27.2 Å². The van der Waals surface area contributed by atoms with E-state index in [2.05, 4.69) is 10.3 Å². The van der Waals surface area contributed by atoms with E-state index in [-0.39, 0.29) is 43.7 Å². The molecule has 1 fully saturated rings. The molecule has 0 unspecified atom stereocenters. The normalized spacial score (nSPS) is 15.1. The van der Waals surface area contributed by atoms with Gasteiger partial charge in [-0.25, -0.2) is 9.07 Å². The molecule has 0 bridgehead atoms. The summed E-state index contributed by atoms with van der Waals surface area (Å²) in [6.45, 7) is 4.12. The van der Waals surface area contributed by atoms with Crippen molar-refractivity contribution in [3.05, 3.63) is 41.5 Å². The van der Waals surface area contributed by atoms with Crippen LogP contribution in [-0.2, 0) is 11.0 Å². The Morgan fingerprint density at radius 2 is 1.69 bits per heavy atom. The van der Waals surface area contributed by atoms with Gasteiger partial charge in [-0.3, -0.25) is 9.59 Å². The smallest absolute Gasteiger partial charge is 0.339 e. The quantitative estimate of drug-likeness (QED) is 0.725. The van der Waals surface area contributed by atoms with Crippen molar-refractivity contribution in [1.29, 1.82) is 0 Å². The van der Waals surface area contributed by atoms with E-state index in [1.165, 1.54) is 17.0 Å². The predicted octanol–water partition coefficient (Wildman–Crippen LogP) is 2.37. The number of benzene rings is 1. The van der Waals surface area contributed by atoms with Crippen LogP contribution < -0.4 is 0 Å². The van der Waals surface area contributed by atoms with Gasteiger partial charge in [0, 0.05) is 32.1 Å². The molecule has 3 rings (SSSR count). The van der Waals surface area contributed by atoms with Crippen LogP contribution in [0.1, 0.15) is 30.0 Å². The second-order valence-corrected chi connectivity index (χ2v) is 6.95. The molecule has 2 heterocycles. The molecule has 0 spiro atoms. The van der Waals surface area contributed by atoms with Gasteiger partial charge in [-0.1, -0.05) is 25.1 Å². The molecule has 29 heavy (non-hydrogen) atoms. The van der Waals surface area contributed by atoms with Crippen LogP contribution in [0.25, 0.3) is 5.69 Å². The maximum Gasteiger partial charge on any atom is 0.435 e. The standard InChI is InChI=1S/C18H19F4N5O2/c1-11(2)16(28)25-6-8-26(9-7-25)17(29)14-15(18(20,21)22)27(24-23-14)13-5-3-4-12(19)10-13/h3-5,10-11H,6-9H2,1-2H3. The van der Waals surface area contributed by atoms with Crippen molar-refractivity contribution in [2.24, 2.45) is 5.92 Å². The van der Waals surface area contributed by atoms with Gasteiger partial charge in [-0.05, 0) is 18.2 Å². The Hall–Kier alpha value is -2.98. The maximum absolute atomic E-state index is 13.7. The van der Waals surface area contributed by atoms with Crippen molar-refractivity contribution in [2.45, 2.75) is 20.0 Å². The van der Waals surface area contributed by atoms with Crippen LogP contribution in [0, 0.1) is 11.7 Å². The zero-order valence-electron chi connectivity index (χ0n) is 15.8. The monoisotopic (exact) mass is 413 g/mol. The molecule has 0 atom stereocenters. The number of halogens is 4. The van der Waals surface area contributed by atoms with Gasteiger partial charge in [-0.2, -0.15) is 13.2 Å². The molecular weight excluding hydrogens is 394 g/mol. The fourth-order valence-corrected chi connectivity index (χ4v) is 3.11. The molecule has 0 aliphatic carbocycles. The number of alkyl halides is 3. The van der Waals surface area contributed by atoms with Crippen LogP contribution in [0.5, 0.6) is 0 Å². The number of rotatable bonds is 3. The number of aromatic nitrogens is 3. The fourth-order valence-electron chi connectivity index (χ4n) is 3.11. The summed E-state index contributed by atoms with van der Waals surface area (Å²) in [6, 6.07) is 4.42. The average molecular weight is 413 g/mol. The number of carbonyl (C=O) groups is 2. The van der Waals surface area contributed by atoms with Gasteiger partial charge in [0.1, 0.15) is 5.82 Å². The molecule has 1 aromatic carbocycles. The Morgan fingerprint density at radius 1 is 1.07 bits per heavy atom. The third-order valence-corrected chi connectivity index (χ3v) is 4.57. The lowest BCUT2D eigenvalue weighted by Gasteiger charge is -2.35. The molecule has 7 nitrogen and oxygen atoms in total. The first-order chi connectivity index (χ1) is 13.6. The summed E-state index contributed by atoms with van der Waals surface area (Å²) in [6.07, 6.45) is -4.93. The van der Waals surface area contributed by atoms with Crippen molar-refractivity contribution in [2.75, 3.05) is 26.2 Å². The molecule has 0 N–H and O–H groups in total. The number of amides is 2. The molecule has 1 aromatic heterocycles. The maximum atomic E-state index is 13.7. The Labute approximate surface area is 163 Å². The Balaban J connectivity index is 1.88. The van der Waals surface area contributed by atoms with Gasteiger partial charge in [-0.15, -0.1) is 5.10 Å². The van der Waals surface area contributed by atoms with Crippen LogP contribution in [0.3, 0.4) is 0 Å². The van der Waals surface area contributed by atoms with E-state index in [1.807, 2.05) is 0 Å². The largest absolute Gasteiger partial charge is 0.435 e. The highest BCUT2D eigenvalue weighted by Gasteiger charge is 2.43. The lowest BCUT2D eigenvalue weighted by atomic mass is 10.1. The Morgan fingerprint density at radius 3 is 2.24 bits per heavy atom. The minimum Gasteiger partial charge on any atom is -0.339 e. The van der Waals surface area contributed by atoms with Crippen molar-refractivity contribution < 1.29 is 27.2 Å². The van der Waals surface area contributed by atoms with Crippen LogP contribution in [-0.4, -0.2) is 62.8 Å². The van der Waals surface area contributed by atoms with E-state index >= 15 is 0 Å². The van der Waals surface area contributed by atoms with Gasteiger partial charge < -0.3 is 9.80 Å². The van der Waals surface area contributed by atoms with Crippen LogP contribution in [0.4, 0.5) is 17.6 Å². The summed E-state index contributed by atoms with van der Waals surface area (Å²) in [5.41, 5.74) is -2.42. The summed E-state index contributed by atoms with van der Waals surface area (Å²) >= 11 is 0. The van der Waals surface area contributed by atoms with Gasteiger partial charge in [0.25, 0.3) is 5.91 Å². The third kappa shape index (κ3) is 4.22. The number of hydrogen-bond donors (Lipinski definition) is 0. The van der Waals surface area contributed by atoms with E-state index < -0.39 is 29.3 Å². The van der Waals surface area contributed by atoms with E-state index in [0.717, 1.165) is 12.1 Å². The molecule has 1 aliphatic heterocycles. The predicted molar refractivity (Wildman–Crippen MR) is 93.6 cm³/mol. The van der Waals surface area contributed by atoms with E-state index in [4.69, 9.17) is 0 Å². The summed E-state index contributed by atoms with van der Waals surface area (Å²) in [5.74, 6) is -1.97. The zero-order chi connectivity index (χ0) is 21.3. The average Bonchev–Trinajstić information content (AvgIpc) is 3.12. The minimum absolute atomic E-state index is 0.0786. The number of hydrogen-bond acceptors (Lipinski definition) is 4. The van der Waals surface area contributed by atoms with E-state index in [1.54, 1.807) is 18.7 Å². The second-order valence-electron chi connectivity index (χ2n) is 6.95. The second kappa shape index (κ2) is 7.80.